The maximum Gasteiger partial charge on any atom is 0.273 e. The van der Waals surface area contributed by atoms with Crippen LogP contribution in [0.1, 0.15) is 19.4 Å². The van der Waals surface area contributed by atoms with Crippen LogP contribution in [0.15, 0.2) is 83.7 Å². The van der Waals surface area contributed by atoms with E-state index in [-0.39, 0.29) is 15.8 Å². The van der Waals surface area contributed by atoms with Crippen LogP contribution in [-0.2, 0) is 4.79 Å². The van der Waals surface area contributed by atoms with Crippen molar-refractivity contribution in [3.63, 3.8) is 0 Å². The Morgan fingerprint density at radius 1 is 0.946 bits per heavy atom. The van der Waals surface area contributed by atoms with Crippen LogP contribution in [0.5, 0.6) is 11.5 Å². The number of rotatable bonds is 8. The number of hydrogen-bond donors (Lipinski definition) is 1. The zero-order valence-electron chi connectivity index (χ0n) is 20.4. The van der Waals surface area contributed by atoms with Crippen molar-refractivity contribution in [1.29, 1.82) is 5.26 Å². The van der Waals surface area contributed by atoms with Crippen molar-refractivity contribution in [2.75, 3.05) is 18.5 Å². The molecule has 186 valence electrons. The molecule has 1 heterocycles. The van der Waals surface area contributed by atoms with E-state index in [9.17, 15) is 14.9 Å². The summed E-state index contributed by atoms with van der Waals surface area (Å²) in [5.74, 6) is 0.806. The highest BCUT2D eigenvalue weighted by atomic mass is 32.1. The number of nitriles is 1. The van der Waals surface area contributed by atoms with E-state index in [0.29, 0.717) is 34.9 Å². The van der Waals surface area contributed by atoms with Crippen LogP contribution in [0.4, 0.5) is 5.69 Å². The lowest BCUT2D eigenvalue weighted by molar-refractivity contribution is -0.111. The van der Waals surface area contributed by atoms with Crippen LogP contribution in [0.25, 0.3) is 17.3 Å². The molecular weight excluding hydrogens is 486 g/mol. The first-order valence-corrected chi connectivity index (χ1v) is 12.6. The van der Waals surface area contributed by atoms with Crippen LogP contribution in [0.3, 0.4) is 0 Å². The van der Waals surface area contributed by atoms with Gasteiger partial charge >= 0.3 is 0 Å². The topological polar surface area (TPSA) is 93.3 Å². The van der Waals surface area contributed by atoms with Crippen molar-refractivity contribution in [3.05, 3.63) is 104 Å². The van der Waals surface area contributed by atoms with Gasteiger partial charge in [-0.25, -0.2) is 0 Å². The van der Waals surface area contributed by atoms with E-state index < -0.39 is 5.91 Å². The number of amides is 1. The Labute approximate surface area is 218 Å². The summed E-state index contributed by atoms with van der Waals surface area (Å²) in [6.07, 6.45) is 1.74. The normalized spacial score (nSPS) is 12.0. The Hall–Kier alpha value is -4.61. The van der Waals surface area contributed by atoms with Crippen molar-refractivity contribution in [2.45, 2.75) is 13.8 Å². The number of anilines is 1. The fourth-order valence-corrected chi connectivity index (χ4v) is 4.73. The number of para-hydroxylation sites is 1. The SMILES string of the molecule is CCOc1ccc(C=c2sc(=C(C#N)C(=O)Nc3ccc(OCC)cc3)n(-c3ccccc3)c2=O)cc1. The second kappa shape index (κ2) is 11.9. The molecule has 0 bridgehead atoms. The van der Waals surface area contributed by atoms with E-state index in [2.05, 4.69) is 5.32 Å². The molecule has 0 aliphatic heterocycles. The number of carbonyl (C=O) groups is 1. The van der Waals surface area contributed by atoms with E-state index in [1.807, 2.05) is 50.2 Å². The highest BCUT2D eigenvalue weighted by molar-refractivity contribution is 7.07. The van der Waals surface area contributed by atoms with Gasteiger partial charge in [0.2, 0.25) is 0 Å². The first-order valence-electron chi connectivity index (χ1n) is 11.7. The first-order chi connectivity index (χ1) is 18.0. The van der Waals surface area contributed by atoms with Gasteiger partial charge < -0.3 is 14.8 Å². The summed E-state index contributed by atoms with van der Waals surface area (Å²) in [7, 11) is 0. The van der Waals surface area contributed by atoms with Crippen LogP contribution in [0, 0.1) is 11.3 Å². The number of thiazole rings is 1. The predicted octanol–water partition coefficient (Wildman–Crippen LogP) is 3.84. The average Bonchev–Trinajstić information content (AvgIpc) is 3.22. The van der Waals surface area contributed by atoms with Gasteiger partial charge in [-0.05, 0) is 74.0 Å². The van der Waals surface area contributed by atoms with E-state index in [1.165, 1.54) is 4.57 Å². The largest absolute Gasteiger partial charge is 0.494 e. The summed E-state index contributed by atoms with van der Waals surface area (Å²) in [4.78, 5) is 26.7. The molecule has 0 fully saturated rings. The molecule has 0 radical (unpaired) electrons. The van der Waals surface area contributed by atoms with Gasteiger partial charge in [-0.3, -0.25) is 14.2 Å². The quantitative estimate of drug-likeness (QED) is 0.388. The number of nitrogens with one attached hydrogen (secondary N) is 1. The van der Waals surface area contributed by atoms with Gasteiger partial charge in [-0.15, -0.1) is 11.3 Å². The summed E-state index contributed by atoms with van der Waals surface area (Å²) in [5, 5.41) is 12.7. The van der Waals surface area contributed by atoms with Gasteiger partial charge in [0.1, 0.15) is 22.2 Å². The fourth-order valence-electron chi connectivity index (χ4n) is 3.63. The number of hydrogen-bond acceptors (Lipinski definition) is 6. The predicted molar refractivity (Wildman–Crippen MR) is 146 cm³/mol. The minimum atomic E-state index is -0.606. The van der Waals surface area contributed by atoms with Crippen LogP contribution in [-0.4, -0.2) is 23.7 Å². The maximum absolute atomic E-state index is 13.5. The molecule has 3 aromatic carbocycles. The molecule has 4 rings (SSSR count). The third kappa shape index (κ3) is 5.97. The standard InChI is InChI=1S/C29H25N3O4S/c1-3-35-23-14-10-20(11-15-23)18-26-28(34)32(22-8-6-5-7-9-22)29(37-26)25(19-30)27(33)31-21-12-16-24(17-13-21)36-4-2/h5-18H,3-4H2,1-2H3,(H,31,33). The van der Waals surface area contributed by atoms with Crippen LogP contribution < -0.4 is 29.5 Å². The molecule has 7 nitrogen and oxygen atoms in total. The lowest BCUT2D eigenvalue weighted by atomic mass is 10.2. The second-order valence-electron chi connectivity index (χ2n) is 7.79. The Kier molecular flexibility index (Phi) is 8.18. The molecule has 4 aromatic rings. The Morgan fingerprint density at radius 3 is 2.11 bits per heavy atom. The number of carbonyl (C=O) groups excluding carboxylic acids is 1. The van der Waals surface area contributed by atoms with Crippen molar-refractivity contribution >= 4 is 34.6 Å². The van der Waals surface area contributed by atoms with Crippen molar-refractivity contribution in [2.24, 2.45) is 0 Å². The summed E-state index contributed by atoms with van der Waals surface area (Å²) in [6.45, 7) is 4.89. The summed E-state index contributed by atoms with van der Waals surface area (Å²) >= 11 is 1.09. The molecule has 37 heavy (non-hydrogen) atoms. The highest BCUT2D eigenvalue weighted by Crippen LogP contribution is 2.16. The monoisotopic (exact) mass is 511 g/mol. The van der Waals surface area contributed by atoms with E-state index in [4.69, 9.17) is 9.47 Å². The lowest BCUT2D eigenvalue weighted by Gasteiger charge is -2.07. The fraction of sp³-hybridized carbons (Fsp3) is 0.138. The molecule has 0 saturated carbocycles. The minimum Gasteiger partial charge on any atom is -0.494 e. The zero-order valence-corrected chi connectivity index (χ0v) is 21.2. The van der Waals surface area contributed by atoms with Gasteiger partial charge in [0, 0.05) is 5.69 Å². The minimum absolute atomic E-state index is 0.161. The second-order valence-corrected chi connectivity index (χ2v) is 8.82. The van der Waals surface area contributed by atoms with Gasteiger partial charge in [0.05, 0.1) is 23.4 Å². The molecule has 0 atom stereocenters. The van der Waals surface area contributed by atoms with Crippen molar-refractivity contribution in [3.8, 4) is 23.3 Å². The Bertz CT molecular complexity index is 1600. The van der Waals surface area contributed by atoms with Crippen LogP contribution in [0.2, 0.25) is 0 Å². The summed E-state index contributed by atoms with van der Waals surface area (Å²) < 4.78 is 13.0. The van der Waals surface area contributed by atoms with E-state index in [0.717, 1.165) is 22.6 Å². The third-order valence-corrected chi connectivity index (χ3v) is 6.40. The summed E-state index contributed by atoms with van der Waals surface area (Å²) in [6, 6.07) is 25.2. The van der Waals surface area contributed by atoms with Gasteiger partial charge in [-0.2, -0.15) is 5.26 Å². The van der Waals surface area contributed by atoms with Gasteiger partial charge in [-0.1, -0.05) is 30.3 Å². The van der Waals surface area contributed by atoms with Gasteiger partial charge in [0.25, 0.3) is 11.5 Å². The van der Waals surface area contributed by atoms with E-state index in [1.54, 1.807) is 54.6 Å². The maximum atomic E-state index is 13.5. The average molecular weight is 512 g/mol. The van der Waals surface area contributed by atoms with Crippen molar-refractivity contribution < 1.29 is 14.3 Å². The number of nitrogens with zero attached hydrogens (tertiary/aromatic N) is 2. The smallest absolute Gasteiger partial charge is 0.273 e. The van der Waals surface area contributed by atoms with Gasteiger partial charge in [0.15, 0.2) is 5.57 Å². The molecule has 1 amide bonds. The number of benzene rings is 3. The highest BCUT2D eigenvalue weighted by Gasteiger charge is 2.17. The molecular formula is C29H25N3O4S. The Morgan fingerprint density at radius 2 is 1.54 bits per heavy atom. The molecule has 8 heteroatoms. The molecule has 0 aliphatic carbocycles. The van der Waals surface area contributed by atoms with Crippen LogP contribution >= 0.6 is 11.3 Å². The molecule has 0 spiro atoms. The first kappa shape index (κ1) is 25.5. The van der Waals surface area contributed by atoms with Crippen molar-refractivity contribution in [1.82, 2.24) is 4.57 Å². The summed E-state index contributed by atoms with van der Waals surface area (Å²) in [5.41, 5.74) is 1.39. The number of aromatic nitrogens is 1. The molecule has 0 aliphatic rings. The molecule has 1 N–H and O–H groups in total. The lowest BCUT2D eigenvalue weighted by Crippen LogP contribution is -2.32. The van der Waals surface area contributed by atoms with E-state index >= 15 is 0 Å². The Balaban J connectivity index is 1.83. The number of ether oxygens (including phenoxy) is 2. The molecule has 1 aromatic heterocycles. The molecule has 0 saturated heterocycles. The third-order valence-electron chi connectivity index (χ3n) is 5.30. The zero-order chi connectivity index (χ0) is 26.2. The molecule has 0 unspecified atom stereocenters.